The molecule has 1 saturated carbocycles. The van der Waals surface area contributed by atoms with Gasteiger partial charge >= 0.3 is 5.97 Å². The molecule has 0 radical (unpaired) electrons. The average molecular weight is 457 g/mol. The monoisotopic (exact) mass is 456 g/mol. The molecule has 0 aliphatic heterocycles. The molecule has 0 saturated heterocycles. The van der Waals surface area contributed by atoms with Crippen molar-refractivity contribution < 1.29 is 19.1 Å². The summed E-state index contributed by atoms with van der Waals surface area (Å²) >= 11 is 11.1. The zero-order valence-corrected chi connectivity index (χ0v) is 19.3. The minimum absolute atomic E-state index is 0.0455. The Morgan fingerprint density at radius 3 is 2.07 bits per heavy atom. The first kappa shape index (κ1) is 25.0. The third-order valence-electron chi connectivity index (χ3n) is 5.77. The smallest absolute Gasteiger partial charge is 0.306 e. The number of carbonyl (C=O) groups excluding carboxylic acids is 2. The number of ether oxygens (including phenoxy) is 2. The van der Waals surface area contributed by atoms with Crippen molar-refractivity contribution in [1.29, 1.82) is 0 Å². The number of halogens is 2. The van der Waals surface area contributed by atoms with Crippen molar-refractivity contribution in [2.45, 2.75) is 76.5 Å². The fourth-order valence-corrected chi connectivity index (χ4v) is 4.30. The van der Waals surface area contributed by atoms with Gasteiger partial charge in [0.15, 0.2) is 0 Å². The Balaban J connectivity index is 1.49. The van der Waals surface area contributed by atoms with Gasteiger partial charge in [-0.2, -0.15) is 0 Å². The van der Waals surface area contributed by atoms with Crippen molar-refractivity contribution in [3.05, 3.63) is 29.8 Å². The Bertz CT molecular complexity index is 625. The molecule has 6 heteroatoms. The summed E-state index contributed by atoms with van der Waals surface area (Å²) in [4.78, 5) is 22.4. The summed E-state index contributed by atoms with van der Waals surface area (Å²) < 4.78 is 10.9. The molecule has 1 aromatic carbocycles. The fraction of sp³-hybridized carbons (Fsp3) is 0.667. The zero-order chi connectivity index (χ0) is 21.6. The van der Waals surface area contributed by atoms with Gasteiger partial charge in [-0.1, -0.05) is 37.8 Å². The number of rotatable bonds is 14. The Kier molecular flexibility index (Phi) is 12.2. The molecule has 30 heavy (non-hydrogen) atoms. The van der Waals surface area contributed by atoms with Crippen molar-refractivity contribution in [1.82, 2.24) is 0 Å². The highest BCUT2D eigenvalue weighted by molar-refractivity contribution is 6.63. The van der Waals surface area contributed by atoms with E-state index in [-0.39, 0.29) is 17.1 Å². The van der Waals surface area contributed by atoms with Crippen LogP contribution in [-0.2, 0) is 14.3 Å². The van der Waals surface area contributed by atoms with Crippen LogP contribution in [-0.4, -0.2) is 30.3 Å². The predicted molar refractivity (Wildman–Crippen MR) is 121 cm³/mol. The number of unbranched alkanes of at least 4 members (excludes halogenated alkanes) is 5. The van der Waals surface area contributed by atoms with Crippen molar-refractivity contribution in [3.63, 3.8) is 0 Å². The van der Waals surface area contributed by atoms with Gasteiger partial charge in [0.05, 0.1) is 19.6 Å². The third kappa shape index (κ3) is 9.70. The summed E-state index contributed by atoms with van der Waals surface area (Å²) in [5.74, 6) is 1.61. The fourth-order valence-electron chi connectivity index (χ4n) is 3.93. The molecule has 0 aromatic heterocycles. The van der Waals surface area contributed by atoms with E-state index >= 15 is 0 Å². The highest BCUT2D eigenvalue weighted by atomic mass is 35.5. The molecule has 4 nitrogen and oxygen atoms in total. The molecule has 1 aliphatic carbocycles. The number of benzene rings is 1. The van der Waals surface area contributed by atoms with Crippen LogP contribution in [0.1, 0.15) is 82.1 Å². The lowest BCUT2D eigenvalue weighted by Crippen LogP contribution is -2.17. The van der Waals surface area contributed by atoms with Crippen molar-refractivity contribution in [2.24, 2.45) is 5.92 Å². The van der Waals surface area contributed by atoms with Crippen LogP contribution in [0.15, 0.2) is 24.3 Å². The number of esters is 1. The first-order valence-electron chi connectivity index (χ1n) is 11.2. The summed E-state index contributed by atoms with van der Waals surface area (Å²) in [6.07, 6.45) is 10.6. The lowest BCUT2D eigenvalue weighted by Gasteiger charge is -2.26. The Hall–Kier alpha value is -1.26. The molecule has 0 atom stereocenters. The lowest BCUT2D eigenvalue weighted by atomic mass is 9.79. The van der Waals surface area contributed by atoms with Crippen molar-refractivity contribution in [2.75, 3.05) is 19.1 Å². The summed E-state index contributed by atoms with van der Waals surface area (Å²) in [6.45, 7) is 1.24. The molecule has 0 heterocycles. The van der Waals surface area contributed by atoms with E-state index in [4.69, 9.17) is 32.7 Å². The van der Waals surface area contributed by atoms with Gasteiger partial charge in [-0.25, -0.2) is 0 Å². The minimum Gasteiger partial charge on any atom is -0.494 e. The van der Waals surface area contributed by atoms with E-state index in [0.717, 1.165) is 70.1 Å². The van der Waals surface area contributed by atoms with Crippen LogP contribution < -0.4 is 4.74 Å². The molecular formula is C24H34Cl2O4. The van der Waals surface area contributed by atoms with E-state index < -0.39 is 0 Å². The highest BCUT2D eigenvalue weighted by Gasteiger charge is 2.25. The number of carbonyl (C=O) groups is 2. The van der Waals surface area contributed by atoms with E-state index in [9.17, 15) is 9.59 Å². The topological polar surface area (TPSA) is 52.6 Å². The SMILES string of the molecule is O=C(CCCl)OCCCCCCCCOc1ccc(C2CCC(C(=O)Cl)CC2)cc1. The molecule has 0 amide bonds. The lowest BCUT2D eigenvalue weighted by molar-refractivity contribution is -0.143. The van der Waals surface area contributed by atoms with Crippen LogP contribution in [0.2, 0.25) is 0 Å². The molecule has 2 rings (SSSR count). The van der Waals surface area contributed by atoms with Gasteiger partial charge < -0.3 is 9.47 Å². The zero-order valence-electron chi connectivity index (χ0n) is 17.8. The minimum atomic E-state index is -0.203. The number of hydrogen-bond acceptors (Lipinski definition) is 4. The van der Waals surface area contributed by atoms with Gasteiger partial charge in [0.2, 0.25) is 5.24 Å². The van der Waals surface area contributed by atoms with Crippen LogP contribution in [0.25, 0.3) is 0 Å². The summed E-state index contributed by atoms with van der Waals surface area (Å²) in [7, 11) is 0. The van der Waals surface area contributed by atoms with Gasteiger partial charge in [-0.3, -0.25) is 9.59 Å². The van der Waals surface area contributed by atoms with E-state index in [2.05, 4.69) is 24.3 Å². The van der Waals surface area contributed by atoms with Crippen LogP contribution in [0, 0.1) is 5.92 Å². The van der Waals surface area contributed by atoms with E-state index in [0.29, 0.717) is 24.8 Å². The number of alkyl halides is 1. The number of hydrogen-bond donors (Lipinski definition) is 0. The van der Waals surface area contributed by atoms with Crippen LogP contribution >= 0.6 is 23.2 Å². The van der Waals surface area contributed by atoms with E-state index in [1.165, 1.54) is 12.0 Å². The van der Waals surface area contributed by atoms with Crippen LogP contribution in [0.4, 0.5) is 0 Å². The molecule has 0 unspecified atom stereocenters. The molecular weight excluding hydrogens is 423 g/mol. The van der Waals surface area contributed by atoms with Crippen molar-refractivity contribution >= 4 is 34.4 Å². The summed E-state index contributed by atoms with van der Waals surface area (Å²) in [6, 6.07) is 8.42. The maximum absolute atomic E-state index is 11.3. The summed E-state index contributed by atoms with van der Waals surface area (Å²) in [5.41, 5.74) is 1.33. The molecule has 0 N–H and O–H groups in total. The second-order valence-electron chi connectivity index (χ2n) is 8.05. The molecule has 1 fully saturated rings. The second-order valence-corrected chi connectivity index (χ2v) is 8.80. The quantitative estimate of drug-likeness (QED) is 0.136. The van der Waals surface area contributed by atoms with E-state index in [1.807, 2.05) is 0 Å². The van der Waals surface area contributed by atoms with Crippen LogP contribution in [0.5, 0.6) is 5.75 Å². The maximum Gasteiger partial charge on any atom is 0.306 e. The van der Waals surface area contributed by atoms with E-state index in [1.54, 1.807) is 0 Å². The molecule has 1 aromatic rings. The first-order chi connectivity index (χ1) is 14.6. The van der Waals surface area contributed by atoms with Gasteiger partial charge in [0.1, 0.15) is 5.75 Å². The normalized spacial score (nSPS) is 18.7. The highest BCUT2D eigenvalue weighted by Crippen LogP contribution is 2.37. The third-order valence-corrected chi connectivity index (χ3v) is 6.27. The first-order valence-corrected chi connectivity index (χ1v) is 12.1. The predicted octanol–water partition coefficient (Wildman–Crippen LogP) is 6.62. The average Bonchev–Trinajstić information content (AvgIpc) is 2.76. The Morgan fingerprint density at radius 1 is 0.867 bits per heavy atom. The Morgan fingerprint density at radius 2 is 1.47 bits per heavy atom. The summed E-state index contributed by atoms with van der Waals surface area (Å²) in [5, 5.41) is -0.180. The second kappa shape index (κ2) is 14.7. The largest absolute Gasteiger partial charge is 0.494 e. The molecule has 0 spiro atoms. The Labute approximate surface area is 190 Å². The van der Waals surface area contributed by atoms with Crippen molar-refractivity contribution in [3.8, 4) is 5.75 Å². The molecule has 168 valence electrons. The van der Waals surface area contributed by atoms with Gasteiger partial charge in [0.25, 0.3) is 0 Å². The maximum atomic E-state index is 11.3. The van der Waals surface area contributed by atoms with Gasteiger partial charge in [-0.05, 0) is 73.7 Å². The van der Waals surface area contributed by atoms with Gasteiger partial charge in [-0.15, -0.1) is 11.6 Å². The molecule has 0 bridgehead atoms. The standard InChI is InChI=1S/C24H34Cl2O4/c25-16-15-23(27)30-18-6-4-2-1-3-5-17-29-22-13-11-20(12-14-22)19-7-9-21(10-8-19)24(26)28/h11-14,19,21H,1-10,15-18H2. The molecule has 1 aliphatic rings. The van der Waals surface area contributed by atoms with Crippen LogP contribution in [0.3, 0.4) is 0 Å². The van der Waals surface area contributed by atoms with Gasteiger partial charge in [0, 0.05) is 11.8 Å².